The molecule has 9 heteroatoms. The van der Waals surface area contributed by atoms with Crippen molar-refractivity contribution < 1.29 is 19.2 Å². The van der Waals surface area contributed by atoms with Gasteiger partial charge in [-0.3, -0.25) is 24.5 Å². The zero-order chi connectivity index (χ0) is 22.7. The Balaban J connectivity index is 1.50. The minimum Gasteiger partial charge on any atom is -0.454 e. The number of carbonyl (C=O) groups excluding carboxylic acids is 2. The van der Waals surface area contributed by atoms with Gasteiger partial charge in [0, 0.05) is 28.6 Å². The van der Waals surface area contributed by atoms with E-state index in [1.807, 2.05) is 0 Å². The summed E-state index contributed by atoms with van der Waals surface area (Å²) in [6.45, 7) is -0.761. The number of rotatable bonds is 6. The van der Waals surface area contributed by atoms with E-state index >= 15 is 0 Å². The maximum atomic E-state index is 12.8. The van der Waals surface area contributed by atoms with E-state index in [2.05, 4.69) is 5.32 Å². The van der Waals surface area contributed by atoms with Gasteiger partial charge in [-0.2, -0.15) is 0 Å². The van der Waals surface area contributed by atoms with Crippen molar-refractivity contribution in [2.45, 2.75) is 6.54 Å². The first-order chi connectivity index (χ1) is 15.4. The van der Waals surface area contributed by atoms with Gasteiger partial charge in [0.25, 0.3) is 11.6 Å². The second kappa shape index (κ2) is 8.68. The molecule has 0 spiro atoms. The van der Waals surface area contributed by atoms with Crippen molar-refractivity contribution in [3.8, 4) is 0 Å². The van der Waals surface area contributed by atoms with Crippen molar-refractivity contribution in [1.82, 2.24) is 4.57 Å². The summed E-state index contributed by atoms with van der Waals surface area (Å²) in [5, 5.41) is 14.2. The van der Waals surface area contributed by atoms with Crippen molar-refractivity contribution >= 4 is 45.1 Å². The third kappa shape index (κ3) is 4.17. The average molecular weight is 431 g/mol. The molecule has 32 heavy (non-hydrogen) atoms. The van der Waals surface area contributed by atoms with E-state index in [4.69, 9.17) is 4.74 Å². The van der Waals surface area contributed by atoms with Gasteiger partial charge in [-0.25, -0.2) is 0 Å². The first-order valence-corrected chi connectivity index (χ1v) is 9.64. The lowest BCUT2D eigenvalue weighted by Crippen LogP contribution is -2.24. The summed E-state index contributed by atoms with van der Waals surface area (Å²) < 4.78 is 6.78. The molecular formula is C23H17N3O6. The highest BCUT2D eigenvalue weighted by Crippen LogP contribution is 2.19. The Labute approximate surface area is 181 Å². The number of hydrogen-bond acceptors (Lipinski definition) is 6. The van der Waals surface area contributed by atoms with Crippen LogP contribution in [-0.4, -0.2) is 28.0 Å². The molecule has 4 rings (SSSR count). The number of nitrogens with zero attached hydrogens (tertiary/aromatic N) is 2. The summed E-state index contributed by atoms with van der Waals surface area (Å²) in [5.41, 5.74) is 1.08. The van der Waals surface area contributed by atoms with Crippen LogP contribution in [0.15, 0.2) is 77.6 Å². The molecule has 0 bridgehead atoms. The first kappa shape index (κ1) is 20.7. The molecule has 3 aromatic carbocycles. The van der Waals surface area contributed by atoms with Crippen LogP contribution in [0.4, 0.5) is 11.4 Å². The van der Waals surface area contributed by atoms with Crippen molar-refractivity contribution in [3.63, 3.8) is 0 Å². The van der Waals surface area contributed by atoms with E-state index in [0.29, 0.717) is 21.8 Å². The Kier molecular flexibility index (Phi) is 5.63. The molecule has 1 amide bonds. The number of hydrogen-bond donors (Lipinski definition) is 1. The van der Waals surface area contributed by atoms with Crippen LogP contribution in [0.3, 0.4) is 0 Å². The molecule has 0 fully saturated rings. The highest BCUT2D eigenvalue weighted by atomic mass is 16.6. The number of nitrogens with one attached hydrogen (secondary N) is 1. The lowest BCUT2D eigenvalue weighted by Gasteiger charge is -2.14. The van der Waals surface area contributed by atoms with Gasteiger partial charge in [-0.15, -0.1) is 0 Å². The van der Waals surface area contributed by atoms with Crippen molar-refractivity contribution in [2.24, 2.45) is 0 Å². The first-order valence-electron chi connectivity index (χ1n) is 9.64. The van der Waals surface area contributed by atoms with Gasteiger partial charge >= 0.3 is 5.97 Å². The van der Waals surface area contributed by atoms with Gasteiger partial charge in [0.05, 0.1) is 16.0 Å². The normalized spacial score (nSPS) is 10.8. The van der Waals surface area contributed by atoms with Crippen LogP contribution in [0.5, 0.6) is 0 Å². The van der Waals surface area contributed by atoms with Gasteiger partial charge in [0.15, 0.2) is 12.0 Å². The molecule has 160 valence electrons. The van der Waals surface area contributed by atoms with Crippen molar-refractivity contribution in [1.29, 1.82) is 0 Å². The number of aromatic nitrogens is 1. The number of ether oxygens (including phenoxy) is 1. The van der Waals surface area contributed by atoms with Crippen molar-refractivity contribution in [2.75, 3.05) is 11.9 Å². The van der Waals surface area contributed by atoms with Crippen LogP contribution in [0.1, 0.15) is 0 Å². The largest absolute Gasteiger partial charge is 0.454 e. The Bertz CT molecular complexity index is 1370. The van der Waals surface area contributed by atoms with Crippen molar-refractivity contribution in [3.05, 3.63) is 93.1 Å². The molecule has 0 saturated carbocycles. The van der Waals surface area contributed by atoms with Crippen LogP contribution in [0.25, 0.3) is 21.8 Å². The molecule has 0 saturated heterocycles. The quantitative estimate of drug-likeness (QED) is 0.217. The molecule has 1 heterocycles. The van der Waals surface area contributed by atoms with Crippen LogP contribution in [-0.2, 0) is 20.9 Å². The highest BCUT2D eigenvalue weighted by Gasteiger charge is 2.15. The molecule has 0 aliphatic heterocycles. The van der Waals surface area contributed by atoms with Gasteiger partial charge in [-0.05, 0) is 30.3 Å². The fourth-order valence-corrected chi connectivity index (χ4v) is 3.46. The predicted molar refractivity (Wildman–Crippen MR) is 118 cm³/mol. The summed E-state index contributed by atoms with van der Waals surface area (Å²) in [6, 6.07) is 19.3. The Hall–Kier alpha value is -4.53. The molecule has 4 aromatic rings. The lowest BCUT2D eigenvalue weighted by atomic mass is 10.1. The molecule has 0 radical (unpaired) electrons. The van der Waals surface area contributed by atoms with Crippen LogP contribution < -0.4 is 10.7 Å². The monoisotopic (exact) mass is 431 g/mol. The van der Waals surface area contributed by atoms with Gasteiger partial charge in [-0.1, -0.05) is 30.3 Å². The number of pyridine rings is 1. The number of amides is 1. The van der Waals surface area contributed by atoms with E-state index in [9.17, 15) is 24.5 Å². The average Bonchev–Trinajstić information content (AvgIpc) is 2.80. The molecule has 0 unspecified atom stereocenters. The third-order valence-corrected chi connectivity index (χ3v) is 4.87. The number of anilines is 1. The Morgan fingerprint density at radius 1 is 0.938 bits per heavy atom. The minimum atomic E-state index is -0.668. The maximum Gasteiger partial charge on any atom is 0.326 e. The van der Waals surface area contributed by atoms with E-state index < -0.39 is 23.4 Å². The van der Waals surface area contributed by atoms with E-state index in [1.165, 1.54) is 24.3 Å². The van der Waals surface area contributed by atoms with E-state index in [-0.39, 0.29) is 23.3 Å². The summed E-state index contributed by atoms with van der Waals surface area (Å²) in [6.07, 6.45) is 0. The fraction of sp³-hybridized carbons (Fsp3) is 0.0870. The molecule has 0 atom stereocenters. The summed E-state index contributed by atoms with van der Waals surface area (Å²) in [7, 11) is 0. The minimum absolute atomic E-state index is 0.128. The second-order valence-corrected chi connectivity index (χ2v) is 6.97. The predicted octanol–water partition coefficient (Wildman–Crippen LogP) is 3.24. The van der Waals surface area contributed by atoms with Gasteiger partial charge in [0.2, 0.25) is 0 Å². The number of para-hydroxylation sites is 2. The number of esters is 1. The Morgan fingerprint density at radius 3 is 2.19 bits per heavy atom. The summed E-state index contributed by atoms with van der Waals surface area (Å²) in [4.78, 5) is 47.6. The van der Waals surface area contributed by atoms with Crippen LogP contribution in [0, 0.1) is 10.1 Å². The van der Waals surface area contributed by atoms with Crippen LogP contribution >= 0.6 is 0 Å². The summed E-state index contributed by atoms with van der Waals surface area (Å²) >= 11 is 0. The fourth-order valence-electron chi connectivity index (χ4n) is 3.46. The highest BCUT2D eigenvalue weighted by molar-refractivity contribution is 5.95. The zero-order valence-corrected chi connectivity index (χ0v) is 16.7. The van der Waals surface area contributed by atoms with E-state index in [1.54, 1.807) is 53.1 Å². The van der Waals surface area contributed by atoms with E-state index in [0.717, 1.165) is 0 Å². The van der Waals surface area contributed by atoms with Gasteiger partial charge < -0.3 is 14.6 Å². The topological polar surface area (TPSA) is 121 Å². The SMILES string of the molecule is O=C(COC(=O)Cn1c2ccccc2c(=O)c2ccccc21)Nc1cccc([N+](=O)[O-])c1. The third-order valence-electron chi connectivity index (χ3n) is 4.87. The maximum absolute atomic E-state index is 12.8. The lowest BCUT2D eigenvalue weighted by molar-refractivity contribution is -0.384. The molecule has 1 aromatic heterocycles. The standard InChI is InChI=1S/C23H17N3O6/c27-21(24-15-6-5-7-16(12-15)26(30)31)14-32-22(28)13-25-19-10-3-1-8-17(19)23(29)18-9-2-4-11-20(18)25/h1-12H,13-14H2,(H,24,27). The summed E-state index contributed by atoms with van der Waals surface area (Å²) in [5.74, 6) is -1.30. The molecular weight excluding hydrogens is 414 g/mol. The second-order valence-electron chi connectivity index (χ2n) is 6.97. The molecule has 0 aliphatic rings. The van der Waals surface area contributed by atoms with Crippen LogP contribution in [0.2, 0.25) is 0 Å². The number of carbonyl (C=O) groups is 2. The molecule has 1 N–H and O–H groups in total. The number of fused-ring (bicyclic) bond motifs is 2. The number of nitro groups is 1. The zero-order valence-electron chi connectivity index (χ0n) is 16.7. The number of nitro benzene ring substituents is 1. The van der Waals surface area contributed by atoms with Gasteiger partial charge in [0.1, 0.15) is 6.54 Å². The Morgan fingerprint density at radius 2 is 1.56 bits per heavy atom. The number of non-ortho nitro benzene ring substituents is 1. The molecule has 0 aliphatic carbocycles. The number of benzene rings is 3. The smallest absolute Gasteiger partial charge is 0.326 e. The molecule has 9 nitrogen and oxygen atoms in total.